The van der Waals surface area contributed by atoms with Crippen molar-refractivity contribution >= 4 is 28.6 Å². The molecule has 0 radical (unpaired) electrons. The van der Waals surface area contributed by atoms with Crippen LogP contribution < -0.4 is 10.6 Å². The summed E-state index contributed by atoms with van der Waals surface area (Å²) in [6.07, 6.45) is 8.72. The Hall–Kier alpha value is -5.03. The van der Waals surface area contributed by atoms with Crippen LogP contribution in [0.2, 0.25) is 0 Å². The fraction of sp³-hybridized carbons (Fsp3) is 0.324. The Balaban J connectivity index is 1.21. The predicted octanol–water partition coefficient (Wildman–Crippen LogP) is 5.66. The number of benzene rings is 2. The van der Waals surface area contributed by atoms with Gasteiger partial charge in [0.2, 0.25) is 0 Å². The molecule has 11 heteroatoms. The average molecular weight is 607 g/mol. The zero-order chi connectivity index (χ0) is 31.6. The van der Waals surface area contributed by atoms with Gasteiger partial charge in [-0.1, -0.05) is 18.2 Å². The van der Waals surface area contributed by atoms with E-state index < -0.39 is 11.7 Å². The minimum Gasteiger partial charge on any atom is -0.444 e. The van der Waals surface area contributed by atoms with E-state index in [1.807, 2.05) is 87.1 Å². The van der Waals surface area contributed by atoms with E-state index in [0.717, 1.165) is 52.9 Å². The van der Waals surface area contributed by atoms with Crippen LogP contribution in [-0.4, -0.2) is 65.9 Å². The van der Waals surface area contributed by atoms with Gasteiger partial charge in [-0.05, 0) is 89.0 Å². The average Bonchev–Trinajstić information content (AvgIpc) is 3.63. The highest BCUT2D eigenvalue weighted by atomic mass is 16.6. The number of rotatable bonds is 7. The largest absolute Gasteiger partial charge is 0.444 e. The number of amides is 2. The molecule has 11 nitrogen and oxygen atoms in total. The highest BCUT2D eigenvalue weighted by Gasteiger charge is 2.24. The molecule has 6 rings (SSSR count). The molecule has 0 unspecified atom stereocenters. The number of nitrogens with zero attached hydrogens (tertiary/aromatic N) is 6. The summed E-state index contributed by atoms with van der Waals surface area (Å²) in [6, 6.07) is 17.4. The van der Waals surface area contributed by atoms with Crippen molar-refractivity contribution in [2.24, 2.45) is 0 Å². The third-order valence-corrected chi connectivity index (χ3v) is 7.53. The Morgan fingerprint density at radius 3 is 2.64 bits per heavy atom. The number of imidazole rings is 1. The summed E-state index contributed by atoms with van der Waals surface area (Å²) in [5.41, 5.74) is 4.81. The first kappa shape index (κ1) is 30.0. The van der Waals surface area contributed by atoms with Crippen LogP contribution in [0.1, 0.15) is 55.4 Å². The summed E-state index contributed by atoms with van der Waals surface area (Å²) in [6.45, 7) is 9.78. The van der Waals surface area contributed by atoms with Crippen molar-refractivity contribution in [3.8, 4) is 11.4 Å². The molecule has 4 heterocycles. The van der Waals surface area contributed by atoms with E-state index in [1.54, 1.807) is 23.3 Å². The van der Waals surface area contributed by atoms with Crippen molar-refractivity contribution < 1.29 is 14.3 Å². The zero-order valence-corrected chi connectivity index (χ0v) is 26.0. The van der Waals surface area contributed by atoms with Crippen molar-refractivity contribution in [3.05, 3.63) is 96.5 Å². The Kier molecular flexibility index (Phi) is 8.36. The van der Waals surface area contributed by atoms with Crippen LogP contribution >= 0.6 is 0 Å². The minimum absolute atomic E-state index is 0.00187. The Labute approximate surface area is 262 Å². The first-order valence-corrected chi connectivity index (χ1v) is 15.2. The van der Waals surface area contributed by atoms with Crippen LogP contribution in [0.4, 0.5) is 10.5 Å². The number of fused-ring (bicyclic) bond motifs is 1. The molecular weight excluding hydrogens is 568 g/mol. The number of ether oxygens (including phenoxy) is 1. The second-order valence-corrected chi connectivity index (χ2v) is 12.5. The highest BCUT2D eigenvalue weighted by Crippen LogP contribution is 2.23. The third-order valence-electron chi connectivity index (χ3n) is 7.53. The molecule has 1 aliphatic rings. The van der Waals surface area contributed by atoms with E-state index in [-0.39, 0.29) is 17.6 Å². The summed E-state index contributed by atoms with van der Waals surface area (Å²) < 4.78 is 9.17. The van der Waals surface area contributed by atoms with Gasteiger partial charge in [0.15, 0.2) is 0 Å². The molecule has 3 aromatic heterocycles. The Morgan fingerprint density at radius 2 is 1.87 bits per heavy atom. The molecule has 2 N–H and O–H groups in total. The van der Waals surface area contributed by atoms with E-state index in [0.29, 0.717) is 18.8 Å². The lowest BCUT2D eigenvalue weighted by atomic mass is 10.0. The number of carbonyl (C=O) groups is 2. The second kappa shape index (κ2) is 12.5. The lowest BCUT2D eigenvalue weighted by Crippen LogP contribution is -2.48. The van der Waals surface area contributed by atoms with Crippen LogP contribution in [-0.2, 0) is 11.3 Å². The fourth-order valence-corrected chi connectivity index (χ4v) is 5.58. The molecule has 0 saturated carbocycles. The molecule has 1 saturated heterocycles. The molecule has 0 spiro atoms. The smallest absolute Gasteiger partial charge is 0.407 e. The van der Waals surface area contributed by atoms with Gasteiger partial charge in [0.25, 0.3) is 5.91 Å². The Bertz CT molecular complexity index is 1800. The van der Waals surface area contributed by atoms with Gasteiger partial charge < -0.3 is 19.9 Å². The van der Waals surface area contributed by atoms with Gasteiger partial charge in [-0.15, -0.1) is 0 Å². The molecule has 1 fully saturated rings. The predicted molar refractivity (Wildman–Crippen MR) is 173 cm³/mol. The molecule has 1 aliphatic heterocycles. The summed E-state index contributed by atoms with van der Waals surface area (Å²) in [5, 5.41) is 11.7. The molecule has 1 atom stereocenters. The first-order valence-electron chi connectivity index (χ1n) is 15.2. The van der Waals surface area contributed by atoms with Crippen LogP contribution in [0.15, 0.2) is 79.5 Å². The lowest BCUT2D eigenvalue weighted by Gasteiger charge is -2.33. The van der Waals surface area contributed by atoms with Crippen molar-refractivity contribution in [2.75, 3.05) is 18.4 Å². The maximum atomic E-state index is 13.5. The molecule has 232 valence electrons. The lowest BCUT2D eigenvalue weighted by molar-refractivity contribution is 0.0470. The molecule has 0 aliphatic carbocycles. The highest BCUT2D eigenvalue weighted by molar-refractivity contribution is 6.03. The van der Waals surface area contributed by atoms with Gasteiger partial charge in [0.05, 0.1) is 23.2 Å². The van der Waals surface area contributed by atoms with Gasteiger partial charge in [-0.3, -0.25) is 14.7 Å². The molecule has 45 heavy (non-hydrogen) atoms. The zero-order valence-electron chi connectivity index (χ0n) is 26.0. The number of piperidine rings is 1. The number of aryl methyl sites for hydroxylation is 1. The van der Waals surface area contributed by atoms with Crippen molar-refractivity contribution in [1.29, 1.82) is 0 Å². The maximum Gasteiger partial charge on any atom is 0.407 e. The normalized spacial score (nSPS) is 15.6. The fourth-order valence-electron chi connectivity index (χ4n) is 5.58. The van der Waals surface area contributed by atoms with Crippen molar-refractivity contribution in [3.63, 3.8) is 0 Å². The number of pyridine rings is 1. The number of nitrogens with one attached hydrogen (secondary N) is 2. The van der Waals surface area contributed by atoms with Crippen LogP contribution in [0.5, 0.6) is 0 Å². The topological polar surface area (TPSA) is 119 Å². The quantitative estimate of drug-likeness (QED) is 0.246. The minimum atomic E-state index is -0.546. The van der Waals surface area contributed by atoms with Gasteiger partial charge in [0.1, 0.15) is 11.3 Å². The van der Waals surface area contributed by atoms with Crippen molar-refractivity contribution in [1.82, 2.24) is 34.5 Å². The third kappa shape index (κ3) is 7.55. The molecule has 2 amide bonds. The maximum absolute atomic E-state index is 13.5. The number of aromatic nitrogens is 5. The summed E-state index contributed by atoms with van der Waals surface area (Å²) in [4.78, 5) is 36.9. The van der Waals surface area contributed by atoms with Gasteiger partial charge in [-0.25, -0.2) is 14.5 Å². The standard InChI is InChI=1S/C34H38N8O3/c1-23-18-41(22-36-23)29-15-24(19-40-13-7-9-26(21-40)38-33(44)45-34(2,3)4)14-27(16-29)37-32(43)31-17-28(11-12-35-31)42-20-25-8-5-6-10-30(25)39-42/h5-6,8,10-12,14-18,20,22,26H,7,9,13,19,21H2,1-4H3,(H,37,43)(H,38,44)/t26-/m0/s1. The number of carbonyl (C=O) groups excluding carboxylic acids is 2. The molecule has 5 aromatic rings. The summed E-state index contributed by atoms with van der Waals surface area (Å²) in [7, 11) is 0. The van der Waals surface area contributed by atoms with E-state index in [9.17, 15) is 9.59 Å². The van der Waals surface area contributed by atoms with E-state index in [4.69, 9.17) is 4.74 Å². The van der Waals surface area contributed by atoms with Crippen LogP contribution in [0.3, 0.4) is 0 Å². The SMILES string of the molecule is Cc1cn(-c2cc(CN3CCC[C@H](NC(=O)OC(C)(C)C)C3)cc(NC(=O)c3cc(-n4cc5ccccc5n4)ccn3)c2)cn1. The van der Waals surface area contributed by atoms with Gasteiger partial charge in [-0.2, -0.15) is 5.10 Å². The van der Waals surface area contributed by atoms with E-state index >= 15 is 0 Å². The van der Waals surface area contributed by atoms with E-state index in [1.165, 1.54) is 0 Å². The number of anilines is 1. The number of hydrogen-bond acceptors (Lipinski definition) is 7. The molecular formula is C34H38N8O3. The second-order valence-electron chi connectivity index (χ2n) is 12.5. The number of alkyl carbamates (subject to hydrolysis) is 1. The number of likely N-dealkylation sites (tertiary alicyclic amines) is 1. The molecule has 2 aromatic carbocycles. The van der Waals surface area contributed by atoms with Gasteiger partial charge in [0, 0.05) is 54.5 Å². The van der Waals surface area contributed by atoms with E-state index in [2.05, 4.69) is 36.7 Å². The van der Waals surface area contributed by atoms with Crippen LogP contribution in [0, 0.1) is 6.92 Å². The molecule has 0 bridgehead atoms. The Morgan fingerprint density at radius 1 is 1.02 bits per heavy atom. The monoisotopic (exact) mass is 606 g/mol. The van der Waals surface area contributed by atoms with Crippen molar-refractivity contribution in [2.45, 2.75) is 58.7 Å². The summed E-state index contributed by atoms with van der Waals surface area (Å²) >= 11 is 0. The van der Waals surface area contributed by atoms with Crippen LogP contribution in [0.25, 0.3) is 22.3 Å². The van der Waals surface area contributed by atoms with Gasteiger partial charge >= 0.3 is 6.09 Å². The first-order chi connectivity index (χ1) is 21.6. The number of hydrogen-bond donors (Lipinski definition) is 2. The summed E-state index contributed by atoms with van der Waals surface area (Å²) in [5.74, 6) is -0.321.